The molecule has 0 radical (unpaired) electrons. The number of ether oxygens (including phenoxy) is 1. The largest absolute Gasteiger partial charge is 0.378 e. The zero-order valence-electron chi connectivity index (χ0n) is 16.8. The summed E-state index contributed by atoms with van der Waals surface area (Å²) < 4.78 is 5.93. The molecule has 3 N–H and O–H groups in total. The van der Waals surface area contributed by atoms with Crippen molar-refractivity contribution in [3.05, 3.63) is 0 Å². The highest BCUT2D eigenvalue weighted by Crippen LogP contribution is 2.48. The highest BCUT2D eigenvalue weighted by molar-refractivity contribution is 14.0. The van der Waals surface area contributed by atoms with E-state index < -0.39 is 0 Å². The van der Waals surface area contributed by atoms with E-state index in [2.05, 4.69) is 34.8 Å². The third-order valence-electron chi connectivity index (χ3n) is 5.66. The average Bonchev–Trinajstić information content (AvgIpc) is 2.94. The number of hydrogen-bond donors (Lipinski definition) is 3. The molecular formula is C18H34IN5O3. The molecule has 156 valence electrons. The first kappa shape index (κ1) is 23.9. The van der Waals surface area contributed by atoms with Crippen molar-refractivity contribution in [1.29, 1.82) is 0 Å². The van der Waals surface area contributed by atoms with Gasteiger partial charge in [-0.2, -0.15) is 0 Å². The van der Waals surface area contributed by atoms with Gasteiger partial charge in [0.25, 0.3) is 0 Å². The zero-order chi connectivity index (χ0) is 19.2. The molecule has 2 rings (SSSR count). The van der Waals surface area contributed by atoms with Crippen molar-refractivity contribution >= 4 is 41.9 Å². The number of nitrogens with zero attached hydrogens (tertiary/aromatic N) is 2. The van der Waals surface area contributed by atoms with Crippen LogP contribution >= 0.6 is 24.0 Å². The first-order chi connectivity index (χ1) is 12.5. The summed E-state index contributed by atoms with van der Waals surface area (Å²) in [7, 11) is 0. The molecule has 1 aliphatic carbocycles. The monoisotopic (exact) mass is 495 g/mol. The number of guanidine groups is 1. The fraction of sp³-hybridized carbons (Fsp3) is 0.833. The fourth-order valence-electron chi connectivity index (χ4n) is 4.01. The van der Waals surface area contributed by atoms with Gasteiger partial charge >= 0.3 is 6.03 Å². The van der Waals surface area contributed by atoms with Crippen molar-refractivity contribution in [1.82, 2.24) is 20.9 Å². The molecule has 9 heteroatoms. The quantitative estimate of drug-likeness (QED) is 0.196. The van der Waals surface area contributed by atoms with Crippen LogP contribution in [0.15, 0.2) is 4.99 Å². The molecule has 2 fully saturated rings. The Balaban J connectivity index is 0.00000364. The van der Waals surface area contributed by atoms with Crippen molar-refractivity contribution in [3.63, 3.8) is 0 Å². The van der Waals surface area contributed by atoms with Crippen molar-refractivity contribution in [3.8, 4) is 0 Å². The molecule has 8 nitrogen and oxygen atoms in total. The first-order valence-electron chi connectivity index (χ1n) is 9.76. The Bertz CT molecular complexity index is 523. The highest BCUT2D eigenvalue weighted by Gasteiger charge is 2.53. The number of amides is 3. The second kappa shape index (κ2) is 11.0. The minimum atomic E-state index is -0.335. The van der Waals surface area contributed by atoms with Crippen LogP contribution in [-0.2, 0) is 9.53 Å². The predicted molar refractivity (Wildman–Crippen MR) is 116 cm³/mol. The first-order valence-corrected chi connectivity index (χ1v) is 9.76. The Hall–Kier alpha value is -1.10. The zero-order valence-corrected chi connectivity index (χ0v) is 19.2. The van der Waals surface area contributed by atoms with Gasteiger partial charge in [0.15, 0.2) is 5.96 Å². The normalized spacial score (nSPS) is 24.1. The van der Waals surface area contributed by atoms with Gasteiger partial charge in [0.2, 0.25) is 5.91 Å². The Morgan fingerprint density at radius 2 is 2.00 bits per heavy atom. The second-order valence-corrected chi connectivity index (χ2v) is 6.78. The Labute approximate surface area is 179 Å². The van der Waals surface area contributed by atoms with Gasteiger partial charge in [-0.25, -0.2) is 4.79 Å². The maximum Gasteiger partial charge on any atom is 0.324 e. The SMILES string of the molecule is CCNC(=NCCN1C(=O)CNC1=O)NC1CC(OCC)C1(CC)CC.I. The molecular weight excluding hydrogens is 461 g/mol. The summed E-state index contributed by atoms with van der Waals surface area (Å²) in [5, 5.41) is 9.31. The minimum absolute atomic E-state index is 0. The highest BCUT2D eigenvalue weighted by atomic mass is 127. The second-order valence-electron chi connectivity index (χ2n) is 6.78. The minimum Gasteiger partial charge on any atom is -0.378 e. The number of halogens is 1. The summed E-state index contributed by atoms with van der Waals surface area (Å²) in [6.07, 6.45) is 3.35. The maximum atomic E-state index is 11.6. The lowest BCUT2D eigenvalue weighted by Gasteiger charge is -2.55. The molecule has 0 spiro atoms. The van der Waals surface area contributed by atoms with Gasteiger partial charge in [0.1, 0.15) is 0 Å². The summed E-state index contributed by atoms with van der Waals surface area (Å²) in [6, 6.07) is -0.0266. The van der Waals surface area contributed by atoms with Crippen LogP contribution in [0.1, 0.15) is 47.0 Å². The number of urea groups is 1. The molecule has 2 unspecified atom stereocenters. The van der Waals surface area contributed by atoms with Crippen LogP contribution in [0.3, 0.4) is 0 Å². The lowest BCUT2D eigenvalue weighted by Crippen LogP contribution is -2.65. The van der Waals surface area contributed by atoms with Gasteiger partial charge in [-0.15, -0.1) is 24.0 Å². The Kier molecular flexibility index (Phi) is 9.78. The van der Waals surface area contributed by atoms with Crippen LogP contribution in [0.5, 0.6) is 0 Å². The molecule has 2 aliphatic rings. The molecule has 0 bridgehead atoms. The van der Waals surface area contributed by atoms with Crippen LogP contribution in [0.25, 0.3) is 0 Å². The van der Waals surface area contributed by atoms with Crippen molar-refractivity contribution < 1.29 is 14.3 Å². The third kappa shape index (κ3) is 5.24. The molecule has 2 atom stereocenters. The van der Waals surface area contributed by atoms with E-state index in [0.29, 0.717) is 19.1 Å². The van der Waals surface area contributed by atoms with E-state index in [0.717, 1.165) is 38.4 Å². The number of carbonyl (C=O) groups excluding carboxylic acids is 2. The molecule has 0 aromatic carbocycles. The topological polar surface area (TPSA) is 95.1 Å². The van der Waals surface area contributed by atoms with Gasteiger partial charge in [0, 0.05) is 24.6 Å². The smallest absolute Gasteiger partial charge is 0.324 e. The van der Waals surface area contributed by atoms with Gasteiger partial charge in [-0.05, 0) is 33.1 Å². The summed E-state index contributed by atoms with van der Waals surface area (Å²) in [5.74, 6) is 0.531. The van der Waals surface area contributed by atoms with E-state index in [9.17, 15) is 9.59 Å². The summed E-state index contributed by atoms with van der Waals surface area (Å²) in [4.78, 5) is 29.0. The van der Waals surface area contributed by atoms with Crippen LogP contribution < -0.4 is 16.0 Å². The van der Waals surface area contributed by atoms with Crippen LogP contribution in [0, 0.1) is 5.41 Å². The number of hydrogen-bond acceptors (Lipinski definition) is 4. The van der Waals surface area contributed by atoms with E-state index in [-0.39, 0.29) is 54.0 Å². The van der Waals surface area contributed by atoms with E-state index in [1.54, 1.807) is 0 Å². The van der Waals surface area contributed by atoms with Crippen molar-refractivity contribution in [2.75, 3.05) is 32.8 Å². The number of carbonyl (C=O) groups is 2. The van der Waals surface area contributed by atoms with E-state index in [1.807, 2.05) is 13.8 Å². The number of aliphatic imine (C=N–C) groups is 1. The van der Waals surface area contributed by atoms with Crippen molar-refractivity contribution in [2.45, 2.75) is 59.1 Å². The lowest BCUT2D eigenvalue weighted by atomic mass is 9.58. The van der Waals surface area contributed by atoms with E-state index in [1.165, 1.54) is 4.90 Å². The summed E-state index contributed by atoms with van der Waals surface area (Å²) >= 11 is 0. The predicted octanol–water partition coefficient (Wildman–Crippen LogP) is 1.70. The Morgan fingerprint density at radius 3 is 2.52 bits per heavy atom. The lowest BCUT2D eigenvalue weighted by molar-refractivity contribution is -0.133. The molecule has 1 aliphatic heterocycles. The van der Waals surface area contributed by atoms with Gasteiger partial charge < -0.3 is 20.7 Å². The van der Waals surface area contributed by atoms with Gasteiger partial charge in [0.05, 0.1) is 25.7 Å². The number of nitrogens with one attached hydrogen (secondary N) is 3. The molecule has 27 heavy (non-hydrogen) atoms. The molecule has 3 amide bonds. The van der Waals surface area contributed by atoms with Crippen LogP contribution in [0.2, 0.25) is 0 Å². The maximum absolute atomic E-state index is 11.6. The number of imide groups is 1. The van der Waals surface area contributed by atoms with Gasteiger partial charge in [-0.1, -0.05) is 13.8 Å². The molecule has 0 aromatic heterocycles. The average molecular weight is 495 g/mol. The molecule has 1 heterocycles. The summed E-state index contributed by atoms with van der Waals surface area (Å²) in [6.45, 7) is 10.7. The number of rotatable bonds is 9. The van der Waals surface area contributed by atoms with Crippen LogP contribution in [0.4, 0.5) is 4.79 Å². The van der Waals surface area contributed by atoms with Gasteiger partial charge in [-0.3, -0.25) is 14.7 Å². The van der Waals surface area contributed by atoms with E-state index in [4.69, 9.17) is 4.74 Å². The third-order valence-corrected chi connectivity index (χ3v) is 5.66. The van der Waals surface area contributed by atoms with E-state index >= 15 is 0 Å². The Morgan fingerprint density at radius 1 is 1.30 bits per heavy atom. The fourth-order valence-corrected chi connectivity index (χ4v) is 4.01. The van der Waals surface area contributed by atoms with Crippen molar-refractivity contribution in [2.24, 2.45) is 10.4 Å². The summed E-state index contributed by atoms with van der Waals surface area (Å²) in [5.41, 5.74) is 0.122. The standard InChI is InChI=1S/C18H33N5O3.HI/c1-5-18(6-2)13(11-14(18)26-8-4)22-16(19-7-3)20-9-10-23-15(24)12-21-17(23)25;/h13-14H,5-12H2,1-4H3,(H,21,25)(H2,19,20,22);1H. The van der Waals surface area contributed by atoms with Crippen LogP contribution in [-0.4, -0.2) is 67.7 Å². The molecule has 1 saturated carbocycles. The molecule has 0 aromatic rings. The molecule has 1 saturated heterocycles.